The molecule has 1 saturated heterocycles. The molecule has 4 rings (SSSR count). The van der Waals surface area contributed by atoms with Crippen LogP contribution in [0.4, 0.5) is 0 Å². The lowest BCUT2D eigenvalue weighted by Gasteiger charge is -2.39. The smallest absolute Gasteiger partial charge is 0.258 e. The van der Waals surface area contributed by atoms with Crippen LogP contribution in [0.5, 0.6) is 0 Å². The minimum atomic E-state index is 0. The fourth-order valence-corrected chi connectivity index (χ4v) is 5.27. The van der Waals surface area contributed by atoms with Crippen molar-refractivity contribution in [1.82, 2.24) is 9.47 Å². The quantitative estimate of drug-likeness (QED) is 0.190. The zero-order chi connectivity index (χ0) is 26.1. The van der Waals surface area contributed by atoms with Crippen LogP contribution in [0.3, 0.4) is 0 Å². The summed E-state index contributed by atoms with van der Waals surface area (Å²) >= 11 is 0. The molecule has 0 bridgehead atoms. The molecule has 202 valence electrons. The van der Waals surface area contributed by atoms with Gasteiger partial charge in [0.15, 0.2) is 0 Å². The maximum absolute atomic E-state index is 13.5. The molecule has 3 aromatic rings. The summed E-state index contributed by atoms with van der Waals surface area (Å²) in [5.41, 5.74) is 8.78. The number of hydrogen-bond acceptors (Lipinski definition) is 3. The number of hydrogen-bond donors (Lipinski definition) is 2. The number of nitrogens with zero attached hydrogens (tertiary/aromatic N) is 2. The van der Waals surface area contributed by atoms with Gasteiger partial charge in [-0.05, 0) is 75.2 Å². The van der Waals surface area contributed by atoms with Crippen LogP contribution in [-0.4, -0.2) is 33.9 Å². The number of rotatable bonds is 8. The number of nitrogens with two attached hydrogens (primary N) is 1. The lowest BCUT2D eigenvalue weighted by atomic mass is 9.97. The number of pyridine rings is 1. The second kappa shape index (κ2) is 14.7. The van der Waals surface area contributed by atoms with Gasteiger partial charge in [-0.3, -0.25) is 15.1 Å². The standard InChI is InChI=1S/C28H36N4O.C3H8.CH4/c1-20-10-8-11-21(2)31(20)16-6-3-7-17-32-26-15-5-4-12-23(26)19-25(28(32)33)22-13-9-14-24(18-22)27(29)30;1-3-2;/h4-5,9,12-15,18-21H,3,6-8,10-11,16-17H2,1-2H3,(H3,29,30);3H2,1-2H3;1H4/t20-,21?;;/m0../s1. The van der Waals surface area contributed by atoms with Crippen molar-refractivity contribution in [1.29, 1.82) is 5.41 Å². The predicted octanol–water partition coefficient (Wildman–Crippen LogP) is 7.44. The minimum Gasteiger partial charge on any atom is -0.384 e. The van der Waals surface area contributed by atoms with Crippen molar-refractivity contribution in [2.75, 3.05) is 6.54 Å². The zero-order valence-corrected chi connectivity index (χ0v) is 22.6. The zero-order valence-electron chi connectivity index (χ0n) is 22.6. The summed E-state index contributed by atoms with van der Waals surface area (Å²) in [7, 11) is 0. The molecule has 2 atom stereocenters. The van der Waals surface area contributed by atoms with Gasteiger partial charge in [0, 0.05) is 29.8 Å². The van der Waals surface area contributed by atoms with Gasteiger partial charge in [-0.1, -0.05) is 76.9 Å². The van der Waals surface area contributed by atoms with E-state index in [0.717, 1.165) is 35.9 Å². The van der Waals surface area contributed by atoms with E-state index < -0.39 is 0 Å². The van der Waals surface area contributed by atoms with Gasteiger partial charge in [-0.25, -0.2) is 0 Å². The topological polar surface area (TPSA) is 75.1 Å². The molecule has 1 aliphatic rings. The number of para-hydroxylation sites is 1. The van der Waals surface area contributed by atoms with Gasteiger partial charge < -0.3 is 10.3 Å². The number of aromatic nitrogens is 1. The highest BCUT2D eigenvalue weighted by Gasteiger charge is 2.23. The number of unbranched alkanes of at least 4 members (excludes halogenated alkanes) is 2. The lowest BCUT2D eigenvalue weighted by molar-refractivity contribution is 0.101. The van der Waals surface area contributed by atoms with E-state index in [1.807, 2.05) is 47.0 Å². The fraction of sp³-hybridized carbons (Fsp3) is 0.500. The monoisotopic (exact) mass is 504 g/mol. The van der Waals surface area contributed by atoms with E-state index in [1.54, 1.807) is 6.07 Å². The highest BCUT2D eigenvalue weighted by Crippen LogP contribution is 2.24. The molecule has 0 amide bonds. The van der Waals surface area contributed by atoms with Gasteiger partial charge in [0.2, 0.25) is 0 Å². The summed E-state index contributed by atoms with van der Waals surface area (Å²) in [6.07, 6.45) is 8.48. The average molecular weight is 505 g/mol. The lowest BCUT2D eigenvalue weighted by Crippen LogP contribution is -2.44. The minimum absolute atomic E-state index is 0. The molecule has 1 fully saturated rings. The molecule has 0 radical (unpaired) electrons. The third-order valence-corrected chi connectivity index (χ3v) is 7.16. The van der Waals surface area contributed by atoms with E-state index >= 15 is 0 Å². The van der Waals surface area contributed by atoms with Gasteiger partial charge in [0.25, 0.3) is 5.56 Å². The van der Waals surface area contributed by atoms with E-state index in [2.05, 4.69) is 38.7 Å². The molecular formula is C32H48N4O. The Morgan fingerprint density at radius 1 is 0.946 bits per heavy atom. The number of nitrogens with one attached hydrogen (secondary N) is 1. The van der Waals surface area contributed by atoms with Crippen molar-refractivity contribution in [2.24, 2.45) is 5.73 Å². The molecule has 0 spiro atoms. The van der Waals surface area contributed by atoms with Gasteiger partial charge >= 0.3 is 0 Å². The van der Waals surface area contributed by atoms with Crippen molar-refractivity contribution >= 4 is 16.7 Å². The molecule has 2 heterocycles. The molecule has 0 aliphatic carbocycles. The fourth-order valence-electron chi connectivity index (χ4n) is 5.27. The van der Waals surface area contributed by atoms with Crippen LogP contribution in [0, 0.1) is 5.41 Å². The van der Waals surface area contributed by atoms with Crippen molar-refractivity contribution < 1.29 is 0 Å². The van der Waals surface area contributed by atoms with Crippen LogP contribution < -0.4 is 11.3 Å². The third kappa shape index (κ3) is 7.78. The highest BCUT2D eigenvalue weighted by molar-refractivity contribution is 5.96. The number of piperidine rings is 1. The molecule has 0 saturated carbocycles. The maximum Gasteiger partial charge on any atom is 0.258 e. The maximum atomic E-state index is 13.5. The Balaban J connectivity index is 0.00000115. The molecule has 5 heteroatoms. The number of benzene rings is 2. The average Bonchev–Trinajstić information content (AvgIpc) is 2.87. The van der Waals surface area contributed by atoms with E-state index in [9.17, 15) is 4.79 Å². The molecule has 37 heavy (non-hydrogen) atoms. The second-order valence-corrected chi connectivity index (χ2v) is 10.2. The Bertz CT molecular complexity index is 1190. The number of fused-ring (bicyclic) bond motifs is 1. The number of amidine groups is 1. The number of aryl methyl sites for hydroxylation is 1. The molecule has 2 aromatic carbocycles. The first-order valence-corrected chi connectivity index (χ1v) is 13.7. The van der Waals surface area contributed by atoms with Gasteiger partial charge in [-0.2, -0.15) is 0 Å². The summed E-state index contributed by atoms with van der Waals surface area (Å²) in [4.78, 5) is 16.2. The summed E-state index contributed by atoms with van der Waals surface area (Å²) < 4.78 is 1.93. The third-order valence-electron chi connectivity index (χ3n) is 7.16. The van der Waals surface area contributed by atoms with Crippen LogP contribution in [0.15, 0.2) is 59.4 Å². The number of nitrogen functional groups attached to an aromatic ring is 1. The first-order valence-electron chi connectivity index (χ1n) is 13.7. The van der Waals surface area contributed by atoms with Crippen molar-refractivity contribution in [3.63, 3.8) is 0 Å². The molecule has 1 aromatic heterocycles. The molecule has 1 unspecified atom stereocenters. The molecule has 3 N–H and O–H groups in total. The van der Waals surface area contributed by atoms with Gasteiger partial charge in [0.1, 0.15) is 5.84 Å². The Morgan fingerprint density at radius 3 is 2.27 bits per heavy atom. The largest absolute Gasteiger partial charge is 0.384 e. The summed E-state index contributed by atoms with van der Waals surface area (Å²) in [6, 6.07) is 18.8. The van der Waals surface area contributed by atoms with Crippen molar-refractivity contribution in [2.45, 2.75) is 98.7 Å². The first-order chi connectivity index (χ1) is 17.4. The molecule has 5 nitrogen and oxygen atoms in total. The Hall–Kier alpha value is -2.92. The Morgan fingerprint density at radius 2 is 1.59 bits per heavy atom. The Kier molecular flexibility index (Phi) is 12.1. The second-order valence-electron chi connectivity index (χ2n) is 10.2. The normalized spacial score (nSPS) is 17.5. The molecule has 1 aliphatic heterocycles. The van der Waals surface area contributed by atoms with Crippen LogP contribution in [0.1, 0.15) is 85.6 Å². The first kappa shape index (κ1) is 30.3. The van der Waals surface area contributed by atoms with Crippen LogP contribution >= 0.6 is 0 Å². The SMILES string of the molecule is C.CC1CCC[C@H](C)N1CCCCCn1c(=O)c(-c2cccc(C(=N)N)c2)cc2ccccc21.CCC. The summed E-state index contributed by atoms with van der Waals surface area (Å²) in [5, 5.41) is 8.79. The summed E-state index contributed by atoms with van der Waals surface area (Å²) in [6.45, 7) is 10.8. The highest BCUT2D eigenvalue weighted by atomic mass is 16.1. The number of likely N-dealkylation sites (tertiary alicyclic amines) is 1. The van der Waals surface area contributed by atoms with Crippen LogP contribution in [-0.2, 0) is 6.54 Å². The van der Waals surface area contributed by atoms with Crippen molar-refractivity contribution in [3.05, 3.63) is 70.5 Å². The van der Waals surface area contributed by atoms with Gasteiger partial charge in [-0.15, -0.1) is 0 Å². The van der Waals surface area contributed by atoms with E-state index in [4.69, 9.17) is 11.1 Å². The predicted molar refractivity (Wildman–Crippen MR) is 161 cm³/mol. The van der Waals surface area contributed by atoms with Crippen molar-refractivity contribution in [3.8, 4) is 11.1 Å². The van der Waals surface area contributed by atoms with Crippen LogP contribution in [0.2, 0.25) is 0 Å². The molecular weight excluding hydrogens is 456 g/mol. The Labute approximate surface area is 224 Å². The van der Waals surface area contributed by atoms with E-state index in [-0.39, 0.29) is 18.8 Å². The van der Waals surface area contributed by atoms with E-state index in [1.165, 1.54) is 32.1 Å². The van der Waals surface area contributed by atoms with Gasteiger partial charge in [0.05, 0.1) is 5.52 Å². The van der Waals surface area contributed by atoms with Crippen LogP contribution in [0.25, 0.3) is 22.0 Å². The summed E-state index contributed by atoms with van der Waals surface area (Å²) in [5.74, 6) is 0.00954. The van der Waals surface area contributed by atoms with E-state index in [0.29, 0.717) is 29.8 Å².